The quantitative estimate of drug-likeness (QED) is 0.776. The molecule has 1 atom stereocenters. The van der Waals surface area contributed by atoms with Crippen LogP contribution >= 0.6 is 11.8 Å². The number of aliphatic hydroxyl groups excluding tert-OH is 1. The average Bonchev–Trinajstić information content (AvgIpc) is 2.25. The lowest BCUT2D eigenvalue weighted by Crippen LogP contribution is -2.11. The first-order valence-corrected chi connectivity index (χ1v) is 7.33. The Labute approximate surface area is 99.9 Å². The van der Waals surface area contributed by atoms with Gasteiger partial charge < -0.3 is 5.11 Å². The second-order valence-corrected chi connectivity index (χ2v) is 6.27. The minimum absolute atomic E-state index is 0.118. The van der Waals surface area contributed by atoms with Gasteiger partial charge >= 0.3 is 0 Å². The summed E-state index contributed by atoms with van der Waals surface area (Å²) in [5, 5.41) is 13.8. The third-order valence-corrected chi connectivity index (χ3v) is 4.27. The Morgan fingerprint density at radius 3 is 2.38 bits per heavy atom. The van der Waals surface area contributed by atoms with Gasteiger partial charge in [0, 0.05) is 17.3 Å². The van der Waals surface area contributed by atoms with Crippen molar-refractivity contribution in [3.63, 3.8) is 0 Å². The summed E-state index contributed by atoms with van der Waals surface area (Å²) in [6, 6.07) is 6.41. The number of rotatable bonds is 5. The van der Waals surface area contributed by atoms with Gasteiger partial charge in [0.25, 0.3) is 0 Å². The molecule has 0 aromatic heterocycles. The Kier molecular flexibility index (Phi) is 4.79. The summed E-state index contributed by atoms with van der Waals surface area (Å²) in [4.78, 5) is 1.08. The van der Waals surface area contributed by atoms with Crippen molar-refractivity contribution in [1.82, 2.24) is 0 Å². The molecule has 0 radical (unpaired) electrons. The summed E-state index contributed by atoms with van der Waals surface area (Å²) in [5.41, 5.74) is 0. The van der Waals surface area contributed by atoms with Crippen molar-refractivity contribution >= 4 is 21.8 Å². The average molecular weight is 261 g/mol. The van der Waals surface area contributed by atoms with E-state index in [0.29, 0.717) is 0 Å². The molecule has 1 rings (SSSR count). The van der Waals surface area contributed by atoms with E-state index in [1.165, 1.54) is 12.1 Å². The summed E-state index contributed by atoms with van der Waals surface area (Å²) in [5.74, 6) is 1.02. The normalized spacial score (nSPS) is 13.7. The molecule has 0 amide bonds. The van der Waals surface area contributed by atoms with Crippen molar-refractivity contribution < 1.29 is 13.5 Å². The van der Waals surface area contributed by atoms with Gasteiger partial charge in [-0.05, 0) is 30.2 Å². The molecule has 3 N–H and O–H groups in total. The van der Waals surface area contributed by atoms with Crippen LogP contribution < -0.4 is 5.14 Å². The van der Waals surface area contributed by atoms with Crippen LogP contribution in [0.3, 0.4) is 0 Å². The summed E-state index contributed by atoms with van der Waals surface area (Å²) in [7, 11) is -3.60. The molecule has 0 spiro atoms. The van der Waals surface area contributed by atoms with E-state index in [0.717, 1.165) is 10.6 Å². The van der Waals surface area contributed by atoms with E-state index in [4.69, 9.17) is 10.2 Å². The van der Waals surface area contributed by atoms with Crippen LogP contribution in [0.4, 0.5) is 0 Å². The minimum atomic E-state index is -3.60. The number of aliphatic hydroxyl groups is 1. The van der Waals surface area contributed by atoms with Gasteiger partial charge in [0.2, 0.25) is 10.0 Å². The van der Waals surface area contributed by atoms with Gasteiger partial charge in [0.15, 0.2) is 0 Å². The Bertz CT molecular complexity index is 428. The van der Waals surface area contributed by atoms with E-state index in [1.54, 1.807) is 23.9 Å². The summed E-state index contributed by atoms with van der Waals surface area (Å²) >= 11 is 1.58. The second-order valence-electron chi connectivity index (χ2n) is 3.62. The molecule has 0 saturated carbocycles. The highest BCUT2D eigenvalue weighted by molar-refractivity contribution is 7.99. The van der Waals surface area contributed by atoms with Crippen LogP contribution in [0.5, 0.6) is 0 Å². The maximum atomic E-state index is 11.0. The van der Waals surface area contributed by atoms with Gasteiger partial charge in [-0.25, -0.2) is 13.6 Å². The molecule has 0 fully saturated rings. The van der Waals surface area contributed by atoms with Gasteiger partial charge in [-0.1, -0.05) is 6.92 Å². The van der Waals surface area contributed by atoms with E-state index in [9.17, 15) is 8.42 Å². The molecule has 0 aliphatic carbocycles. The summed E-state index contributed by atoms with van der Waals surface area (Å²) in [6.07, 6.45) is 0. The summed E-state index contributed by atoms with van der Waals surface area (Å²) < 4.78 is 22.0. The van der Waals surface area contributed by atoms with Crippen LogP contribution in [-0.4, -0.2) is 25.9 Å². The van der Waals surface area contributed by atoms with E-state index in [-0.39, 0.29) is 17.4 Å². The molecule has 0 heterocycles. The Morgan fingerprint density at radius 2 is 1.94 bits per heavy atom. The van der Waals surface area contributed by atoms with Gasteiger partial charge in [0.05, 0.1) is 4.90 Å². The molecule has 6 heteroatoms. The predicted octanol–water partition coefficient (Wildman–Crippen LogP) is 1.05. The lowest BCUT2D eigenvalue weighted by atomic mass is 10.2. The number of sulfonamides is 1. The summed E-state index contributed by atoms with van der Waals surface area (Å²) in [6.45, 7) is 2.11. The highest BCUT2D eigenvalue weighted by Crippen LogP contribution is 2.21. The maximum absolute atomic E-state index is 11.0. The number of benzene rings is 1. The van der Waals surface area contributed by atoms with Crippen LogP contribution in [0, 0.1) is 5.92 Å². The predicted molar refractivity (Wildman–Crippen MR) is 64.8 cm³/mol. The van der Waals surface area contributed by atoms with Gasteiger partial charge in [-0.3, -0.25) is 0 Å². The van der Waals surface area contributed by atoms with Crippen LogP contribution in [0.2, 0.25) is 0 Å². The topological polar surface area (TPSA) is 80.4 Å². The van der Waals surface area contributed by atoms with E-state index in [1.807, 2.05) is 6.92 Å². The number of primary sulfonamides is 1. The Hall–Kier alpha value is -0.560. The fourth-order valence-corrected chi connectivity index (χ4v) is 2.44. The Morgan fingerprint density at radius 1 is 1.38 bits per heavy atom. The van der Waals surface area contributed by atoms with Crippen LogP contribution in [0.25, 0.3) is 0 Å². The zero-order valence-electron chi connectivity index (χ0n) is 8.96. The van der Waals surface area contributed by atoms with E-state index in [2.05, 4.69) is 0 Å². The monoisotopic (exact) mass is 261 g/mol. The molecule has 0 aliphatic heterocycles. The van der Waals surface area contributed by atoms with Crippen molar-refractivity contribution in [2.24, 2.45) is 11.1 Å². The largest absolute Gasteiger partial charge is 0.396 e. The highest BCUT2D eigenvalue weighted by atomic mass is 32.2. The molecule has 90 valence electrons. The van der Waals surface area contributed by atoms with E-state index < -0.39 is 10.0 Å². The zero-order chi connectivity index (χ0) is 12.2. The van der Waals surface area contributed by atoms with Gasteiger partial charge in [0.1, 0.15) is 0 Å². The molecular weight excluding hydrogens is 246 g/mol. The smallest absolute Gasteiger partial charge is 0.238 e. The maximum Gasteiger partial charge on any atom is 0.238 e. The molecule has 4 nitrogen and oxygen atoms in total. The van der Waals surface area contributed by atoms with Crippen molar-refractivity contribution in [3.8, 4) is 0 Å². The number of hydrogen-bond acceptors (Lipinski definition) is 4. The fraction of sp³-hybridized carbons (Fsp3) is 0.400. The second kappa shape index (κ2) is 5.67. The van der Waals surface area contributed by atoms with Crippen LogP contribution in [0.1, 0.15) is 6.92 Å². The first-order chi connectivity index (χ1) is 7.43. The minimum Gasteiger partial charge on any atom is -0.396 e. The lowest BCUT2D eigenvalue weighted by Gasteiger charge is -2.07. The number of thioether (sulfide) groups is 1. The molecule has 0 saturated heterocycles. The molecular formula is C10H15NO3S2. The van der Waals surface area contributed by atoms with Crippen molar-refractivity contribution in [2.75, 3.05) is 12.4 Å². The first-order valence-electron chi connectivity index (χ1n) is 4.80. The van der Waals surface area contributed by atoms with Crippen LogP contribution in [-0.2, 0) is 10.0 Å². The molecule has 0 aliphatic rings. The third kappa shape index (κ3) is 4.13. The van der Waals surface area contributed by atoms with Crippen molar-refractivity contribution in [2.45, 2.75) is 16.7 Å². The highest BCUT2D eigenvalue weighted by Gasteiger charge is 2.07. The number of hydrogen-bond donors (Lipinski definition) is 2. The Balaban J connectivity index is 2.66. The molecule has 0 bridgehead atoms. The van der Waals surface area contributed by atoms with Crippen molar-refractivity contribution in [3.05, 3.63) is 24.3 Å². The van der Waals surface area contributed by atoms with Crippen LogP contribution in [0.15, 0.2) is 34.1 Å². The third-order valence-electron chi connectivity index (χ3n) is 2.00. The number of nitrogens with two attached hydrogens (primary N) is 1. The standard InChI is InChI=1S/C10H15NO3S2/c1-8(6-12)7-15-9-2-4-10(5-3-9)16(11,13)14/h2-5,8,12H,6-7H2,1H3,(H2,11,13,14). The SMILES string of the molecule is CC(CO)CSc1ccc(S(N)(=O)=O)cc1. The molecule has 1 aromatic rings. The molecule has 1 unspecified atom stereocenters. The van der Waals surface area contributed by atoms with E-state index >= 15 is 0 Å². The fourth-order valence-electron chi connectivity index (χ4n) is 1.02. The molecule has 16 heavy (non-hydrogen) atoms. The van der Waals surface area contributed by atoms with Crippen molar-refractivity contribution in [1.29, 1.82) is 0 Å². The van der Waals surface area contributed by atoms with Gasteiger partial charge in [-0.15, -0.1) is 11.8 Å². The first kappa shape index (κ1) is 13.5. The van der Waals surface area contributed by atoms with Gasteiger partial charge in [-0.2, -0.15) is 0 Å². The lowest BCUT2D eigenvalue weighted by molar-refractivity contribution is 0.250. The zero-order valence-corrected chi connectivity index (χ0v) is 10.6. The molecule has 1 aromatic carbocycles.